The van der Waals surface area contributed by atoms with Gasteiger partial charge in [-0.05, 0) is 44.4 Å². The first-order valence-corrected chi connectivity index (χ1v) is 12.7. The number of benzene rings is 1. The van der Waals surface area contributed by atoms with Crippen LogP contribution in [0.1, 0.15) is 32.3 Å². The van der Waals surface area contributed by atoms with Gasteiger partial charge >= 0.3 is 12.1 Å². The Hall–Kier alpha value is -3.94. The fraction of sp³-hybridized carbons (Fsp3) is 0.538. The zero-order valence-corrected chi connectivity index (χ0v) is 23.2. The van der Waals surface area contributed by atoms with E-state index in [4.69, 9.17) is 9.47 Å². The van der Waals surface area contributed by atoms with E-state index in [9.17, 15) is 28.0 Å². The molecule has 2 aliphatic rings. The molecule has 40 heavy (non-hydrogen) atoms. The lowest BCUT2D eigenvalue weighted by Crippen LogP contribution is -2.75. The molecule has 3 rings (SSSR count). The summed E-state index contributed by atoms with van der Waals surface area (Å²) < 4.78 is 32.0. The lowest BCUT2D eigenvalue weighted by atomic mass is 10.0. The highest BCUT2D eigenvalue weighted by atomic mass is 19.3. The van der Waals surface area contributed by atoms with Crippen LogP contribution in [-0.2, 0) is 20.9 Å². The van der Waals surface area contributed by atoms with Crippen LogP contribution < -0.4 is 20.7 Å². The van der Waals surface area contributed by atoms with Crippen LogP contribution in [0.3, 0.4) is 0 Å². The van der Waals surface area contributed by atoms with Crippen LogP contribution in [-0.4, -0.2) is 97.4 Å². The number of hydrogen-bond donors (Lipinski definition) is 3. The Morgan fingerprint density at radius 3 is 2.45 bits per heavy atom. The van der Waals surface area contributed by atoms with E-state index in [2.05, 4.69) is 22.5 Å². The molecule has 2 fully saturated rings. The summed E-state index contributed by atoms with van der Waals surface area (Å²) >= 11 is 0. The largest absolute Gasteiger partial charge is 0.497 e. The number of piperazine rings is 1. The number of hydrogen-bond acceptors (Lipinski definition) is 7. The quantitative estimate of drug-likeness (QED) is 0.307. The van der Waals surface area contributed by atoms with Crippen molar-refractivity contribution in [1.29, 1.82) is 0 Å². The van der Waals surface area contributed by atoms with E-state index in [0.717, 1.165) is 25.2 Å². The fourth-order valence-electron chi connectivity index (χ4n) is 4.10. The number of amides is 5. The Labute approximate surface area is 232 Å². The maximum atomic E-state index is 13.1. The maximum absolute atomic E-state index is 13.1. The van der Waals surface area contributed by atoms with Crippen LogP contribution in [0.4, 0.5) is 18.4 Å². The van der Waals surface area contributed by atoms with Crippen molar-refractivity contribution < 1.29 is 37.4 Å². The van der Waals surface area contributed by atoms with Crippen LogP contribution >= 0.6 is 0 Å². The molecule has 3 N–H and O–H groups in total. The molecule has 2 aliphatic heterocycles. The van der Waals surface area contributed by atoms with Gasteiger partial charge in [0.25, 0.3) is 0 Å². The number of alkyl carbamates (subject to hydrolysis) is 1. The number of rotatable bonds is 9. The molecule has 5 amide bonds. The number of likely N-dealkylation sites (N-methyl/N-ethyl adjacent to an activating group) is 1. The summed E-state index contributed by atoms with van der Waals surface area (Å²) in [7, 11) is 3.24. The van der Waals surface area contributed by atoms with Crippen molar-refractivity contribution >= 4 is 23.9 Å². The molecule has 1 aromatic carbocycles. The van der Waals surface area contributed by atoms with Crippen molar-refractivity contribution in [2.45, 2.75) is 51.4 Å². The third kappa shape index (κ3) is 9.98. The average Bonchev–Trinajstić information content (AvgIpc) is 2.89. The number of carbonyl (C=O) groups excluding carboxylic acids is 4. The summed E-state index contributed by atoms with van der Waals surface area (Å²) in [6.45, 7) is 5.93. The summed E-state index contributed by atoms with van der Waals surface area (Å²) in [4.78, 5) is 51.7. The van der Waals surface area contributed by atoms with Crippen LogP contribution in [0.25, 0.3) is 0 Å². The van der Waals surface area contributed by atoms with Crippen LogP contribution in [0.5, 0.6) is 5.75 Å². The fourth-order valence-corrected chi connectivity index (χ4v) is 4.10. The number of methoxy groups -OCH3 is 1. The highest BCUT2D eigenvalue weighted by Crippen LogP contribution is 2.24. The molecule has 2 heterocycles. The number of hydrazine groups is 1. The van der Waals surface area contributed by atoms with Crippen LogP contribution in [0.15, 0.2) is 36.9 Å². The van der Waals surface area contributed by atoms with Crippen LogP contribution in [0, 0.1) is 0 Å². The lowest BCUT2D eigenvalue weighted by Gasteiger charge is -2.52. The molecule has 2 saturated heterocycles. The van der Waals surface area contributed by atoms with E-state index in [1.807, 2.05) is 24.3 Å². The monoisotopic (exact) mass is 568 g/mol. The molecule has 222 valence electrons. The number of nitrogens with one attached hydrogen (secondary N) is 3. The number of carbonyl (C=O) groups is 4. The SMILES string of the molecule is C=CCOC(=O)NCCC[C@H]1C(=O)NCC2N1C(=O)CN(C)N2C(=O)NCc1ccc(OC)cc1.CC(C)(F)F. The average molecular weight is 569 g/mol. The minimum atomic E-state index is -2.50. The number of nitrogens with zero attached hydrogens (tertiary/aromatic N) is 3. The summed E-state index contributed by atoms with van der Waals surface area (Å²) in [5.74, 6) is -2.31. The van der Waals surface area contributed by atoms with Crippen molar-refractivity contribution in [2.75, 3.05) is 40.4 Å². The summed E-state index contributed by atoms with van der Waals surface area (Å²) in [6.07, 6.45) is 0.985. The van der Waals surface area contributed by atoms with E-state index >= 15 is 0 Å². The third-order valence-corrected chi connectivity index (χ3v) is 5.79. The number of alkyl halides is 2. The Kier molecular flexibility index (Phi) is 12.1. The Morgan fingerprint density at radius 1 is 1.20 bits per heavy atom. The van der Waals surface area contributed by atoms with Gasteiger partial charge in [0.1, 0.15) is 24.6 Å². The molecule has 0 aliphatic carbocycles. The molecule has 14 heteroatoms. The zero-order valence-electron chi connectivity index (χ0n) is 23.2. The molecule has 0 radical (unpaired) electrons. The molecular weight excluding hydrogens is 530 g/mol. The molecule has 0 bridgehead atoms. The summed E-state index contributed by atoms with van der Waals surface area (Å²) in [5.41, 5.74) is 0.890. The van der Waals surface area contributed by atoms with Crippen molar-refractivity contribution in [1.82, 2.24) is 30.9 Å². The highest BCUT2D eigenvalue weighted by Gasteiger charge is 2.47. The predicted molar refractivity (Wildman–Crippen MR) is 142 cm³/mol. The van der Waals surface area contributed by atoms with E-state index in [1.54, 1.807) is 19.2 Å². The number of halogens is 2. The van der Waals surface area contributed by atoms with Crippen molar-refractivity contribution in [3.8, 4) is 5.75 Å². The van der Waals surface area contributed by atoms with Gasteiger partial charge in [-0.25, -0.2) is 28.4 Å². The highest BCUT2D eigenvalue weighted by molar-refractivity contribution is 5.91. The first-order valence-electron chi connectivity index (χ1n) is 12.7. The second-order valence-electron chi connectivity index (χ2n) is 9.49. The normalized spacial score (nSPS) is 18.9. The van der Waals surface area contributed by atoms with Gasteiger partial charge in [0, 0.05) is 20.1 Å². The Bertz CT molecular complexity index is 1030. The number of ether oxygens (including phenoxy) is 2. The van der Waals surface area contributed by atoms with Gasteiger partial charge in [-0.15, -0.1) is 0 Å². The van der Waals surface area contributed by atoms with Crippen molar-refractivity contribution in [3.63, 3.8) is 0 Å². The summed E-state index contributed by atoms with van der Waals surface area (Å²) in [5, 5.41) is 11.3. The van der Waals surface area contributed by atoms with Crippen LogP contribution in [0.2, 0.25) is 0 Å². The van der Waals surface area contributed by atoms with E-state index < -0.39 is 24.2 Å². The predicted octanol–water partition coefficient (Wildman–Crippen LogP) is 2.07. The molecule has 0 saturated carbocycles. The first kappa shape index (κ1) is 32.3. The molecule has 0 spiro atoms. The van der Waals surface area contributed by atoms with Gasteiger partial charge in [-0.1, -0.05) is 24.8 Å². The maximum Gasteiger partial charge on any atom is 0.407 e. The second-order valence-corrected chi connectivity index (χ2v) is 9.49. The van der Waals surface area contributed by atoms with Gasteiger partial charge in [0.15, 0.2) is 0 Å². The molecule has 0 aromatic heterocycles. The van der Waals surface area contributed by atoms with Crippen molar-refractivity contribution in [2.24, 2.45) is 0 Å². The van der Waals surface area contributed by atoms with E-state index in [0.29, 0.717) is 12.8 Å². The standard InChI is InChI=1S/C23H32N6O6.C3H6F2/c1-4-12-35-23(33)24-11-5-6-18-21(31)25-14-19-28(18)20(30)15-27(2)29(19)22(32)26-13-16-7-9-17(34-3)10-8-16;1-3(2,4)5/h4,7-10,18-19H,1,5-6,11-15H2,2-3H3,(H,24,33)(H,25,31)(H,26,32);1-2H3/t18-,19?;/m0./s1. The summed E-state index contributed by atoms with van der Waals surface area (Å²) in [6, 6.07) is 6.19. The van der Waals surface area contributed by atoms with E-state index in [1.165, 1.54) is 16.0 Å². The zero-order chi connectivity index (χ0) is 29.9. The second kappa shape index (κ2) is 15.0. The van der Waals surface area contributed by atoms with Crippen molar-refractivity contribution in [3.05, 3.63) is 42.5 Å². The number of fused-ring (bicyclic) bond motifs is 1. The first-order chi connectivity index (χ1) is 18.8. The Morgan fingerprint density at radius 2 is 1.85 bits per heavy atom. The molecule has 1 aromatic rings. The molecular formula is C26H38F2N6O6. The van der Waals surface area contributed by atoms with E-state index in [-0.39, 0.29) is 50.6 Å². The van der Waals surface area contributed by atoms with Gasteiger partial charge in [-0.2, -0.15) is 0 Å². The minimum absolute atomic E-state index is 0.0393. The third-order valence-electron chi connectivity index (χ3n) is 5.79. The Balaban J connectivity index is 0.00000103. The van der Waals surface area contributed by atoms with Gasteiger partial charge in [0.2, 0.25) is 17.7 Å². The molecule has 12 nitrogen and oxygen atoms in total. The minimum Gasteiger partial charge on any atom is -0.497 e. The topological polar surface area (TPSA) is 133 Å². The molecule has 1 unspecified atom stereocenters. The number of urea groups is 1. The van der Waals surface area contributed by atoms with Gasteiger partial charge in [0.05, 0.1) is 20.2 Å². The smallest absolute Gasteiger partial charge is 0.407 e. The van der Waals surface area contributed by atoms with Gasteiger partial charge < -0.3 is 30.3 Å². The molecule has 2 atom stereocenters. The lowest BCUT2D eigenvalue weighted by molar-refractivity contribution is -0.177. The van der Waals surface area contributed by atoms with Gasteiger partial charge in [-0.3, -0.25) is 9.59 Å².